The number of rotatable bonds is 6. The molecule has 0 radical (unpaired) electrons. The SMILES string of the molecule is CCc1c2c(nc3ccc(OCC(=O)N4CCC(N5CCCCCC5)CC4)cc13)-c1cc3c(c(=O)n1C2)CCC(=O)[C@]3(O)CC. The Morgan fingerprint density at radius 2 is 1.76 bits per heavy atom. The van der Waals surface area contributed by atoms with Crippen molar-refractivity contribution in [3.8, 4) is 17.1 Å². The maximum absolute atomic E-state index is 13.7. The summed E-state index contributed by atoms with van der Waals surface area (Å²) < 4.78 is 7.80. The van der Waals surface area contributed by atoms with Gasteiger partial charge in [0.15, 0.2) is 12.4 Å². The van der Waals surface area contributed by atoms with E-state index >= 15 is 0 Å². The molecule has 1 aliphatic carbocycles. The summed E-state index contributed by atoms with van der Waals surface area (Å²) in [4.78, 5) is 49.1. The van der Waals surface area contributed by atoms with Gasteiger partial charge < -0.3 is 24.2 Å². The van der Waals surface area contributed by atoms with E-state index in [1.165, 1.54) is 38.8 Å². The number of ether oxygens (including phenoxy) is 1. The molecule has 5 heterocycles. The van der Waals surface area contributed by atoms with Gasteiger partial charge in [-0.15, -0.1) is 0 Å². The van der Waals surface area contributed by atoms with Crippen molar-refractivity contribution >= 4 is 22.6 Å². The van der Waals surface area contributed by atoms with Gasteiger partial charge in [-0.3, -0.25) is 14.4 Å². The average molecular weight is 613 g/mol. The van der Waals surface area contributed by atoms with Gasteiger partial charge in [0.1, 0.15) is 11.4 Å². The Morgan fingerprint density at radius 1 is 1.00 bits per heavy atom. The number of carbonyl (C=O) groups is 2. The Labute approximate surface area is 264 Å². The van der Waals surface area contributed by atoms with Crippen molar-refractivity contribution in [2.75, 3.05) is 32.8 Å². The largest absolute Gasteiger partial charge is 0.484 e. The van der Waals surface area contributed by atoms with Gasteiger partial charge in [-0.25, -0.2) is 4.98 Å². The molecule has 9 nitrogen and oxygen atoms in total. The molecule has 2 aromatic heterocycles. The molecular formula is C36H44N4O5. The van der Waals surface area contributed by atoms with E-state index in [9.17, 15) is 19.5 Å². The molecule has 9 heteroatoms. The van der Waals surface area contributed by atoms with Crippen LogP contribution in [0.3, 0.4) is 0 Å². The fourth-order valence-electron chi connectivity index (χ4n) is 8.19. The van der Waals surface area contributed by atoms with Crippen LogP contribution in [-0.2, 0) is 34.6 Å². The van der Waals surface area contributed by atoms with Crippen LogP contribution in [0, 0.1) is 0 Å². The minimum Gasteiger partial charge on any atom is -0.484 e. The summed E-state index contributed by atoms with van der Waals surface area (Å²) in [5.74, 6) is 0.419. The third-order valence-corrected chi connectivity index (χ3v) is 10.8. The van der Waals surface area contributed by atoms with Crippen LogP contribution in [-0.4, -0.2) is 75.0 Å². The zero-order chi connectivity index (χ0) is 31.3. The van der Waals surface area contributed by atoms with Crippen molar-refractivity contribution in [3.63, 3.8) is 0 Å². The Kier molecular flexibility index (Phi) is 8.02. The average Bonchev–Trinajstić information content (AvgIpc) is 3.22. The first-order valence-electron chi connectivity index (χ1n) is 17.0. The minimum atomic E-state index is -1.64. The zero-order valence-electron chi connectivity index (χ0n) is 26.6. The van der Waals surface area contributed by atoms with Crippen molar-refractivity contribution < 1.29 is 19.4 Å². The number of benzene rings is 1. The summed E-state index contributed by atoms with van der Waals surface area (Å²) in [5, 5.41) is 12.2. The summed E-state index contributed by atoms with van der Waals surface area (Å²) in [6.45, 7) is 8.22. The molecule has 45 heavy (non-hydrogen) atoms. The lowest BCUT2D eigenvalue weighted by Crippen LogP contribution is -2.48. The number of hydrogen-bond donors (Lipinski definition) is 1. The highest BCUT2D eigenvalue weighted by atomic mass is 16.5. The predicted octanol–water partition coefficient (Wildman–Crippen LogP) is 4.35. The second kappa shape index (κ2) is 12.0. The number of hydrogen-bond acceptors (Lipinski definition) is 7. The number of aromatic nitrogens is 2. The number of likely N-dealkylation sites (tertiary alicyclic amines) is 2. The van der Waals surface area contributed by atoms with Crippen LogP contribution in [0.1, 0.15) is 87.5 Å². The van der Waals surface area contributed by atoms with Crippen molar-refractivity contribution in [1.82, 2.24) is 19.4 Å². The van der Waals surface area contributed by atoms with E-state index < -0.39 is 5.60 Å². The molecule has 3 aliphatic heterocycles. The smallest absolute Gasteiger partial charge is 0.260 e. The standard InChI is InChI=1S/C36H44N4O5/c1-3-25-27-19-24(45-22-33(42)39-17-13-23(14-18-39)38-15-7-5-6-8-16-38)9-11-30(27)37-34-28(25)21-40-31(34)20-29-26(35(40)43)10-12-32(41)36(29,44)4-2/h9,11,19-20,23,44H,3-8,10,12-18,21-22H2,1-2H3/t36-/m0/s1. The maximum atomic E-state index is 13.7. The molecule has 2 saturated heterocycles. The number of carbonyl (C=O) groups excluding carboxylic acids is 2. The van der Waals surface area contributed by atoms with Gasteiger partial charge in [0.25, 0.3) is 11.5 Å². The first-order valence-corrected chi connectivity index (χ1v) is 17.0. The number of Topliss-reactive ketones (excluding diaryl/α,β-unsaturated/α-hetero) is 1. The van der Waals surface area contributed by atoms with Crippen molar-refractivity contribution in [2.45, 2.75) is 96.2 Å². The highest BCUT2D eigenvalue weighted by Crippen LogP contribution is 2.41. The Morgan fingerprint density at radius 3 is 2.47 bits per heavy atom. The van der Waals surface area contributed by atoms with Crippen LogP contribution < -0.4 is 10.3 Å². The molecular weight excluding hydrogens is 568 g/mol. The number of pyridine rings is 2. The van der Waals surface area contributed by atoms with Gasteiger partial charge >= 0.3 is 0 Å². The van der Waals surface area contributed by atoms with E-state index in [0.29, 0.717) is 41.6 Å². The molecule has 2 fully saturated rings. The lowest BCUT2D eigenvalue weighted by Gasteiger charge is -2.38. The molecule has 0 unspecified atom stereocenters. The third kappa shape index (κ3) is 5.18. The van der Waals surface area contributed by atoms with E-state index in [2.05, 4.69) is 11.8 Å². The monoisotopic (exact) mass is 612 g/mol. The Hall–Kier alpha value is -3.56. The van der Waals surface area contributed by atoms with Gasteiger partial charge in [-0.05, 0) is 87.9 Å². The quantitative estimate of drug-likeness (QED) is 0.345. The molecule has 238 valence electrons. The van der Waals surface area contributed by atoms with Gasteiger partial charge in [0.05, 0.1) is 23.4 Å². The Balaban J connectivity index is 1.10. The van der Waals surface area contributed by atoms with Gasteiger partial charge in [0.2, 0.25) is 0 Å². The second-order valence-electron chi connectivity index (χ2n) is 13.3. The Bertz CT molecular complexity index is 1710. The third-order valence-electron chi connectivity index (χ3n) is 10.8. The summed E-state index contributed by atoms with van der Waals surface area (Å²) >= 11 is 0. The highest BCUT2D eigenvalue weighted by molar-refractivity contribution is 5.92. The number of fused-ring (bicyclic) bond motifs is 5. The van der Waals surface area contributed by atoms with Crippen molar-refractivity contribution in [1.29, 1.82) is 0 Å². The molecule has 0 bridgehead atoms. The van der Waals surface area contributed by atoms with Crippen LogP contribution in [0.25, 0.3) is 22.3 Å². The molecule has 1 amide bonds. The lowest BCUT2D eigenvalue weighted by atomic mass is 9.77. The normalized spacial score (nSPS) is 22.2. The van der Waals surface area contributed by atoms with Gasteiger partial charge in [-0.1, -0.05) is 26.7 Å². The van der Waals surface area contributed by atoms with Gasteiger partial charge in [0, 0.05) is 47.6 Å². The maximum Gasteiger partial charge on any atom is 0.260 e. The van der Waals surface area contributed by atoms with Crippen LogP contribution in [0.5, 0.6) is 5.75 Å². The van der Waals surface area contributed by atoms with Crippen molar-refractivity contribution in [3.05, 3.63) is 56.9 Å². The van der Waals surface area contributed by atoms with E-state index in [1.54, 1.807) is 11.5 Å². The lowest BCUT2D eigenvalue weighted by molar-refractivity contribution is -0.140. The minimum absolute atomic E-state index is 0.00512. The van der Waals surface area contributed by atoms with Gasteiger partial charge in [-0.2, -0.15) is 0 Å². The van der Waals surface area contributed by atoms with E-state index in [0.717, 1.165) is 60.1 Å². The van der Waals surface area contributed by atoms with Crippen LogP contribution in [0.2, 0.25) is 0 Å². The number of ketones is 1. The summed E-state index contributed by atoms with van der Waals surface area (Å²) in [5.41, 5.74) is 3.41. The fourth-order valence-corrected chi connectivity index (χ4v) is 8.19. The summed E-state index contributed by atoms with van der Waals surface area (Å²) in [6, 6.07) is 8.13. The molecule has 0 saturated carbocycles. The highest BCUT2D eigenvalue weighted by Gasteiger charge is 2.43. The number of nitrogens with zero attached hydrogens (tertiary/aromatic N) is 4. The van der Waals surface area contributed by atoms with Crippen LogP contribution in [0.4, 0.5) is 0 Å². The molecule has 4 aliphatic rings. The van der Waals surface area contributed by atoms with Crippen LogP contribution >= 0.6 is 0 Å². The topological polar surface area (TPSA) is 105 Å². The first-order chi connectivity index (χ1) is 21.8. The number of aliphatic hydroxyl groups is 1. The fraction of sp³-hybridized carbons (Fsp3) is 0.556. The van der Waals surface area contributed by atoms with E-state index in [4.69, 9.17) is 9.72 Å². The zero-order valence-corrected chi connectivity index (χ0v) is 26.6. The van der Waals surface area contributed by atoms with E-state index in [1.807, 2.05) is 29.2 Å². The summed E-state index contributed by atoms with van der Waals surface area (Å²) in [6.07, 6.45) is 8.77. The molecule has 3 aromatic rings. The molecule has 1 N–H and O–H groups in total. The molecule has 0 spiro atoms. The molecule has 7 rings (SSSR count). The number of piperidine rings is 1. The first kappa shape index (κ1) is 30.1. The molecule has 1 atom stereocenters. The second-order valence-corrected chi connectivity index (χ2v) is 13.3. The van der Waals surface area contributed by atoms with Crippen LogP contribution in [0.15, 0.2) is 29.1 Å². The van der Waals surface area contributed by atoms with E-state index in [-0.39, 0.29) is 36.7 Å². The molecule has 1 aromatic carbocycles. The predicted molar refractivity (Wildman–Crippen MR) is 173 cm³/mol. The van der Waals surface area contributed by atoms with Crippen molar-refractivity contribution in [2.24, 2.45) is 0 Å². The number of amides is 1. The summed E-state index contributed by atoms with van der Waals surface area (Å²) in [7, 11) is 0. The number of aryl methyl sites for hydroxylation is 1.